The van der Waals surface area contributed by atoms with Gasteiger partial charge in [-0.3, -0.25) is 14.4 Å². The topological polar surface area (TPSA) is 101 Å². The van der Waals surface area contributed by atoms with E-state index in [-0.39, 0.29) is 53.7 Å². The average molecular weight is 419 g/mol. The van der Waals surface area contributed by atoms with Crippen LogP contribution in [0.1, 0.15) is 65.7 Å². The number of rotatable bonds is 5. The zero-order valence-corrected chi connectivity index (χ0v) is 18.3. The molecule has 0 heterocycles. The van der Waals surface area contributed by atoms with Gasteiger partial charge in [-0.25, -0.2) is 0 Å². The summed E-state index contributed by atoms with van der Waals surface area (Å²) in [5, 5.41) is 22.9. The molecule has 6 nitrogen and oxygen atoms in total. The fraction of sp³-hybridized carbons (Fsp3) is 0.792. The van der Waals surface area contributed by atoms with Crippen LogP contribution in [0.5, 0.6) is 0 Å². The highest BCUT2D eigenvalue weighted by atomic mass is 16.5. The van der Waals surface area contributed by atoms with Crippen molar-refractivity contribution in [1.82, 2.24) is 0 Å². The Kier molecular flexibility index (Phi) is 5.35. The van der Waals surface area contributed by atoms with Gasteiger partial charge in [-0.1, -0.05) is 19.4 Å². The molecule has 0 saturated heterocycles. The summed E-state index contributed by atoms with van der Waals surface area (Å²) < 4.78 is 5.23. The zero-order chi connectivity index (χ0) is 21.9. The molecule has 4 aliphatic rings. The summed E-state index contributed by atoms with van der Waals surface area (Å²) >= 11 is 0. The predicted molar refractivity (Wildman–Crippen MR) is 110 cm³/mol. The van der Waals surface area contributed by atoms with Crippen molar-refractivity contribution in [3.8, 4) is 0 Å². The largest absolute Gasteiger partial charge is 0.393 e. The first-order valence-corrected chi connectivity index (χ1v) is 11.3. The van der Waals surface area contributed by atoms with E-state index >= 15 is 0 Å². The zero-order valence-electron chi connectivity index (χ0n) is 18.3. The Hall–Kier alpha value is -1.37. The second-order valence-electron chi connectivity index (χ2n) is 10.6. The lowest BCUT2D eigenvalue weighted by molar-refractivity contribution is -0.183. The van der Waals surface area contributed by atoms with E-state index < -0.39 is 17.1 Å². The van der Waals surface area contributed by atoms with Crippen molar-refractivity contribution >= 4 is 17.3 Å². The highest BCUT2D eigenvalue weighted by molar-refractivity contribution is 5.92. The second kappa shape index (κ2) is 7.35. The number of ether oxygens (including phenoxy) is 1. The van der Waals surface area contributed by atoms with Crippen LogP contribution in [0.3, 0.4) is 0 Å². The molecule has 0 amide bonds. The first-order valence-electron chi connectivity index (χ1n) is 11.3. The van der Waals surface area contributed by atoms with Crippen LogP contribution >= 0.6 is 0 Å². The molecular weight excluding hydrogens is 384 g/mol. The molecule has 0 bridgehead atoms. The summed E-state index contributed by atoms with van der Waals surface area (Å²) in [4.78, 5) is 36.1. The van der Waals surface area contributed by atoms with E-state index in [1.54, 1.807) is 6.08 Å². The van der Waals surface area contributed by atoms with Crippen molar-refractivity contribution in [2.24, 2.45) is 28.6 Å². The molecule has 7 atom stereocenters. The average Bonchev–Trinajstić information content (AvgIpc) is 2.93. The third-order valence-electron chi connectivity index (χ3n) is 9.05. The van der Waals surface area contributed by atoms with Crippen LogP contribution in [0.15, 0.2) is 11.6 Å². The molecule has 0 aliphatic heterocycles. The van der Waals surface area contributed by atoms with E-state index in [9.17, 15) is 24.6 Å². The summed E-state index contributed by atoms with van der Waals surface area (Å²) in [5.41, 5.74) is -1.27. The molecule has 0 aromatic carbocycles. The maximum Gasteiger partial charge on any atom is 0.190 e. The van der Waals surface area contributed by atoms with E-state index in [0.717, 1.165) is 25.7 Å². The Morgan fingerprint density at radius 2 is 1.90 bits per heavy atom. The lowest BCUT2D eigenvalue weighted by atomic mass is 9.45. The summed E-state index contributed by atoms with van der Waals surface area (Å²) in [5.74, 6) is 0.0482. The van der Waals surface area contributed by atoms with Crippen molar-refractivity contribution < 1.29 is 29.3 Å². The highest BCUT2D eigenvalue weighted by Crippen LogP contribution is 2.67. The van der Waals surface area contributed by atoms with Gasteiger partial charge in [0.2, 0.25) is 0 Å². The van der Waals surface area contributed by atoms with Crippen LogP contribution in [0.25, 0.3) is 0 Å². The summed E-state index contributed by atoms with van der Waals surface area (Å²) in [6.45, 7) is 5.12. The van der Waals surface area contributed by atoms with E-state index in [4.69, 9.17) is 4.74 Å². The minimum Gasteiger partial charge on any atom is -0.393 e. The summed E-state index contributed by atoms with van der Waals surface area (Å²) in [7, 11) is 0. The lowest BCUT2D eigenvalue weighted by Crippen LogP contribution is -2.62. The number of aliphatic hydroxyl groups is 2. The Morgan fingerprint density at radius 3 is 2.60 bits per heavy atom. The molecule has 0 spiro atoms. The van der Waals surface area contributed by atoms with E-state index in [2.05, 4.69) is 6.92 Å². The van der Waals surface area contributed by atoms with Crippen LogP contribution in [-0.2, 0) is 19.1 Å². The Labute approximate surface area is 178 Å². The lowest BCUT2D eigenvalue weighted by Gasteiger charge is -2.60. The molecule has 3 saturated carbocycles. The second-order valence-corrected chi connectivity index (χ2v) is 10.6. The van der Waals surface area contributed by atoms with Crippen molar-refractivity contribution in [3.05, 3.63) is 11.6 Å². The van der Waals surface area contributed by atoms with Gasteiger partial charge in [0.15, 0.2) is 17.3 Å². The first-order chi connectivity index (χ1) is 14.0. The number of carbonyl (C=O) groups is 3. The fourth-order valence-electron chi connectivity index (χ4n) is 7.56. The molecular formula is C24H34O6. The first kappa shape index (κ1) is 21.8. The molecule has 0 aromatic rings. The number of hydrogen-bond donors (Lipinski definition) is 2. The molecule has 166 valence electrons. The van der Waals surface area contributed by atoms with E-state index in [1.165, 1.54) is 12.5 Å². The van der Waals surface area contributed by atoms with Gasteiger partial charge in [0.05, 0.1) is 6.10 Å². The molecule has 0 radical (unpaired) electrons. The van der Waals surface area contributed by atoms with Crippen molar-refractivity contribution in [1.29, 1.82) is 0 Å². The highest BCUT2D eigenvalue weighted by Gasteiger charge is 2.68. The van der Waals surface area contributed by atoms with Gasteiger partial charge in [-0.2, -0.15) is 0 Å². The molecule has 7 unspecified atom stereocenters. The molecule has 30 heavy (non-hydrogen) atoms. The van der Waals surface area contributed by atoms with Gasteiger partial charge >= 0.3 is 0 Å². The van der Waals surface area contributed by atoms with Crippen LogP contribution in [-0.4, -0.2) is 52.5 Å². The monoisotopic (exact) mass is 418 g/mol. The van der Waals surface area contributed by atoms with Crippen molar-refractivity contribution in [2.45, 2.75) is 77.4 Å². The molecule has 2 N–H and O–H groups in total. The Bertz CT molecular complexity index is 802. The van der Waals surface area contributed by atoms with Crippen LogP contribution in [0, 0.1) is 28.6 Å². The number of carbonyl (C=O) groups excluding carboxylic acids is 3. The number of ketones is 3. The van der Waals surface area contributed by atoms with Gasteiger partial charge in [-0.05, 0) is 74.7 Å². The summed E-state index contributed by atoms with van der Waals surface area (Å²) in [6, 6.07) is 0. The quantitative estimate of drug-likeness (QED) is 0.711. The molecule has 4 aliphatic carbocycles. The third-order valence-corrected chi connectivity index (χ3v) is 9.05. The van der Waals surface area contributed by atoms with Gasteiger partial charge in [0.1, 0.15) is 18.8 Å². The normalized spacial score (nSPS) is 45.2. The van der Waals surface area contributed by atoms with Crippen LogP contribution < -0.4 is 0 Å². The molecule has 6 heteroatoms. The number of Topliss-reactive ketones (excluding diaryl/α,β-unsaturated/α-hetero) is 2. The SMILES string of the molecule is CC(=O)COCC(=O)C1(O)CCC2C3CCC4=CC(=O)CCC4(C)C3C(O)CC21C. The maximum absolute atomic E-state index is 13.0. The predicted octanol–water partition coefficient (Wildman–Crippen LogP) is 2.39. The van der Waals surface area contributed by atoms with Gasteiger partial charge in [0, 0.05) is 11.8 Å². The number of aliphatic hydroxyl groups excluding tert-OH is 1. The van der Waals surface area contributed by atoms with E-state index in [0.29, 0.717) is 19.3 Å². The standard InChI is InChI=1S/C24H34O6/c1-14(25)12-30-13-20(28)24(29)9-7-18-17-5-4-15-10-16(26)6-8-22(15,2)21(17)19(27)11-23(18,24)3/h10,17-19,21,27,29H,4-9,11-13H2,1-3H3. The fourth-order valence-corrected chi connectivity index (χ4v) is 7.56. The third kappa shape index (κ3) is 3.06. The number of hydrogen-bond acceptors (Lipinski definition) is 6. The molecule has 4 rings (SSSR count). The van der Waals surface area contributed by atoms with Gasteiger partial charge in [-0.15, -0.1) is 0 Å². The van der Waals surface area contributed by atoms with Crippen LogP contribution in [0.2, 0.25) is 0 Å². The summed E-state index contributed by atoms with van der Waals surface area (Å²) in [6.07, 6.45) is 5.66. The number of allylic oxidation sites excluding steroid dienone is 1. The van der Waals surface area contributed by atoms with Gasteiger partial charge < -0.3 is 14.9 Å². The van der Waals surface area contributed by atoms with E-state index in [1.807, 2.05) is 6.92 Å². The smallest absolute Gasteiger partial charge is 0.190 e. The van der Waals surface area contributed by atoms with Gasteiger partial charge in [0.25, 0.3) is 0 Å². The van der Waals surface area contributed by atoms with Crippen molar-refractivity contribution in [2.75, 3.05) is 13.2 Å². The Balaban J connectivity index is 1.61. The molecule has 0 aromatic heterocycles. The minimum absolute atomic E-state index is 0.0510. The number of fused-ring (bicyclic) bond motifs is 5. The Morgan fingerprint density at radius 1 is 1.17 bits per heavy atom. The molecule has 3 fully saturated rings. The minimum atomic E-state index is -1.54. The van der Waals surface area contributed by atoms with Crippen molar-refractivity contribution in [3.63, 3.8) is 0 Å². The van der Waals surface area contributed by atoms with Crippen LogP contribution in [0.4, 0.5) is 0 Å². The maximum atomic E-state index is 13.0.